The van der Waals surface area contributed by atoms with Gasteiger partial charge in [-0.3, -0.25) is 0 Å². The van der Waals surface area contributed by atoms with Gasteiger partial charge in [-0.25, -0.2) is 4.98 Å². The van der Waals surface area contributed by atoms with Gasteiger partial charge in [0.2, 0.25) is 0 Å². The molecule has 1 unspecified atom stereocenters. The van der Waals surface area contributed by atoms with Gasteiger partial charge in [-0.05, 0) is 30.2 Å². The van der Waals surface area contributed by atoms with Gasteiger partial charge in [0.1, 0.15) is 17.4 Å². The Kier molecular flexibility index (Phi) is 6.17. The third kappa shape index (κ3) is 5.13. The van der Waals surface area contributed by atoms with E-state index in [2.05, 4.69) is 47.6 Å². The smallest absolute Gasteiger partial charge is 0.140 e. The van der Waals surface area contributed by atoms with E-state index in [9.17, 15) is 0 Å². The maximum absolute atomic E-state index is 9.06. The van der Waals surface area contributed by atoms with E-state index in [1.54, 1.807) is 0 Å². The van der Waals surface area contributed by atoms with E-state index in [-0.39, 0.29) is 12.6 Å². The van der Waals surface area contributed by atoms with Crippen LogP contribution in [0.15, 0.2) is 60.0 Å². The molecule has 1 atom stereocenters. The predicted octanol–water partition coefficient (Wildman–Crippen LogP) is 4.07. The summed E-state index contributed by atoms with van der Waals surface area (Å²) < 4.78 is 5.82. The lowest BCUT2D eigenvalue weighted by Crippen LogP contribution is -2.17. The van der Waals surface area contributed by atoms with E-state index in [1.807, 2.05) is 29.6 Å². The summed E-state index contributed by atoms with van der Waals surface area (Å²) in [4.78, 5) is 4.29. The Morgan fingerprint density at radius 1 is 1.16 bits per heavy atom. The second-order valence-corrected chi connectivity index (χ2v) is 6.78. The molecular weight excluding hydrogens is 332 g/mol. The fourth-order valence-corrected chi connectivity index (χ4v) is 3.20. The van der Waals surface area contributed by atoms with Crippen LogP contribution in [0.5, 0.6) is 5.75 Å². The Morgan fingerprint density at radius 3 is 2.76 bits per heavy atom. The van der Waals surface area contributed by atoms with Crippen molar-refractivity contribution in [2.75, 3.05) is 0 Å². The first-order chi connectivity index (χ1) is 12.2. The lowest BCUT2D eigenvalue weighted by Gasteiger charge is -2.14. The molecule has 1 heterocycles. The van der Waals surface area contributed by atoms with Gasteiger partial charge in [0.05, 0.1) is 12.3 Å². The van der Waals surface area contributed by atoms with Crippen LogP contribution in [-0.2, 0) is 19.8 Å². The van der Waals surface area contributed by atoms with Crippen LogP contribution in [0.3, 0.4) is 0 Å². The Labute approximate surface area is 152 Å². The quantitative estimate of drug-likeness (QED) is 0.640. The summed E-state index contributed by atoms with van der Waals surface area (Å²) in [5.74, 6) is 0.826. The molecule has 0 radical (unpaired) electrons. The third-order valence-electron chi connectivity index (χ3n) is 3.93. The second kappa shape index (κ2) is 8.76. The Balaban J connectivity index is 1.54. The topological polar surface area (TPSA) is 54.4 Å². The average molecular weight is 354 g/mol. The molecule has 2 N–H and O–H groups in total. The Hall–Kier alpha value is -2.21. The lowest BCUT2D eigenvalue weighted by atomic mass is 10.1. The fraction of sp³-hybridized carbons (Fsp3) is 0.250. The highest BCUT2D eigenvalue weighted by Gasteiger charge is 2.06. The third-order valence-corrected chi connectivity index (χ3v) is 4.81. The molecule has 0 amide bonds. The molecule has 4 nitrogen and oxygen atoms in total. The lowest BCUT2D eigenvalue weighted by molar-refractivity contribution is 0.275. The van der Waals surface area contributed by atoms with Crippen LogP contribution in [0.2, 0.25) is 0 Å². The first-order valence-electron chi connectivity index (χ1n) is 8.29. The number of hydrogen-bond donors (Lipinski definition) is 2. The van der Waals surface area contributed by atoms with E-state index in [1.165, 1.54) is 22.5 Å². The van der Waals surface area contributed by atoms with Crippen LogP contribution in [0.1, 0.15) is 34.8 Å². The second-order valence-electron chi connectivity index (χ2n) is 5.84. The molecule has 0 aliphatic rings. The van der Waals surface area contributed by atoms with Crippen LogP contribution in [0.25, 0.3) is 0 Å². The van der Waals surface area contributed by atoms with Crippen molar-refractivity contribution in [2.24, 2.45) is 0 Å². The highest BCUT2D eigenvalue weighted by Crippen LogP contribution is 2.18. The molecule has 0 saturated carbocycles. The minimum Gasteiger partial charge on any atom is -0.486 e. The number of nitrogens with one attached hydrogen (secondary N) is 1. The minimum atomic E-state index is -0.0305. The Morgan fingerprint density at radius 2 is 2.00 bits per heavy atom. The largest absolute Gasteiger partial charge is 0.486 e. The van der Waals surface area contributed by atoms with Crippen LogP contribution < -0.4 is 10.1 Å². The number of benzene rings is 2. The van der Waals surface area contributed by atoms with E-state index >= 15 is 0 Å². The predicted molar refractivity (Wildman–Crippen MR) is 101 cm³/mol. The van der Waals surface area contributed by atoms with Gasteiger partial charge >= 0.3 is 0 Å². The zero-order valence-electron chi connectivity index (χ0n) is 14.2. The van der Waals surface area contributed by atoms with E-state index in [0.29, 0.717) is 12.3 Å². The average Bonchev–Trinajstić information content (AvgIpc) is 3.14. The molecule has 0 saturated heterocycles. The van der Waals surface area contributed by atoms with E-state index in [0.717, 1.165) is 17.3 Å². The van der Waals surface area contributed by atoms with Gasteiger partial charge in [0.25, 0.3) is 0 Å². The van der Waals surface area contributed by atoms with E-state index in [4.69, 9.17) is 9.84 Å². The number of aromatic nitrogens is 1. The first-order valence-corrected chi connectivity index (χ1v) is 9.17. The van der Waals surface area contributed by atoms with Crippen molar-refractivity contribution in [3.05, 3.63) is 81.8 Å². The van der Waals surface area contributed by atoms with Crippen LogP contribution >= 0.6 is 11.3 Å². The Bertz CT molecular complexity index is 789. The van der Waals surface area contributed by atoms with Crippen molar-refractivity contribution in [1.29, 1.82) is 0 Å². The molecule has 3 aromatic rings. The van der Waals surface area contributed by atoms with Gasteiger partial charge in [0.15, 0.2) is 0 Å². The standard InChI is InChI=1S/C20H22N2O2S/c1-15(17-7-3-2-4-8-17)21-11-16-6-5-9-19(10-16)24-13-20-22-18(12-23)14-25-20/h2-10,14-15,21,23H,11-13H2,1H3. The molecule has 5 heteroatoms. The zero-order chi connectivity index (χ0) is 17.5. The molecule has 25 heavy (non-hydrogen) atoms. The normalized spacial score (nSPS) is 12.1. The van der Waals surface area contributed by atoms with Crippen molar-refractivity contribution in [3.63, 3.8) is 0 Å². The molecule has 3 rings (SSSR count). The number of ether oxygens (including phenoxy) is 1. The number of rotatable bonds is 8. The SMILES string of the molecule is CC(NCc1cccc(OCc2nc(CO)cs2)c1)c1ccccc1. The molecule has 130 valence electrons. The molecule has 2 aromatic carbocycles. The first kappa shape index (κ1) is 17.6. The summed E-state index contributed by atoms with van der Waals surface area (Å²) in [7, 11) is 0. The molecule has 0 aliphatic heterocycles. The summed E-state index contributed by atoms with van der Waals surface area (Å²) in [6.45, 7) is 3.33. The van der Waals surface area contributed by atoms with Crippen LogP contribution in [0, 0.1) is 0 Å². The number of aliphatic hydroxyl groups is 1. The number of aliphatic hydroxyl groups excluding tert-OH is 1. The molecule has 0 spiro atoms. The zero-order valence-corrected chi connectivity index (χ0v) is 15.0. The minimum absolute atomic E-state index is 0.0305. The summed E-state index contributed by atoms with van der Waals surface area (Å²) in [6.07, 6.45) is 0. The fourth-order valence-electron chi connectivity index (χ4n) is 2.51. The van der Waals surface area contributed by atoms with Crippen molar-refractivity contribution in [1.82, 2.24) is 10.3 Å². The highest BCUT2D eigenvalue weighted by molar-refractivity contribution is 7.09. The van der Waals surface area contributed by atoms with Gasteiger partial charge in [-0.2, -0.15) is 0 Å². The molecule has 1 aromatic heterocycles. The summed E-state index contributed by atoms with van der Waals surface area (Å²) in [6, 6.07) is 18.8. The maximum Gasteiger partial charge on any atom is 0.140 e. The van der Waals surface area contributed by atoms with Gasteiger partial charge < -0.3 is 15.2 Å². The number of nitrogens with zero attached hydrogens (tertiary/aromatic N) is 1. The van der Waals surface area contributed by atoms with Gasteiger partial charge in [0, 0.05) is 18.0 Å². The van der Waals surface area contributed by atoms with Crippen molar-refractivity contribution in [2.45, 2.75) is 32.7 Å². The number of thiazole rings is 1. The van der Waals surface area contributed by atoms with Gasteiger partial charge in [-0.15, -0.1) is 11.3 Å². The monoisotopic (exact) mass is 354 g/mol. The molecule has 0 bridgehead atoms. The number of hydrogen-bond acceptors (Lipinski definition) is 5. The van der Waals surface area contributed by atoms with Crippen molar-refractivity contribution < 1.29 is 9.84 Å². The van der Waals surface area contributed by atoms with Crippen LogP contribution in [0.4, 0.5) is 0 Å². The van der Waals surface area contributed by atoms with Gasteiger partial charge in [-0.1, -0.05) is 42.5 Å². The summed E-state index contributed by atoms with van der Waals surface area (Å²) >= 11 is 1.50. The summed E-state index contributed by atoms with van der Waals surface area (Å²) in [5.41, 5.74) is 3.14. The van der Waals surface area contributed by atoms with E-state index < -0.39 is 0 Å². The maximum atomic E-state index is 9.06. The van der Waals surface area contributed by atoms with Crippen LogP contribution in [-0.4, -0.2) is 10.1 Å². The molecular formula is C20H22N2O2S. The van der Waals surface area contributed by atoms with Crippen molar-refractivity contribution in [3.8, 4) is 5.75 Å². The van der Waals surface area contributed by atoms with Crippen molar-refractivity contribution >= 4 is 11.3 Å². The highest BCUT2D eigenvalue weighted by atomic mass is 32.1. The molecule has 0 aliphatic carbocycles. The summed E-state index contributed by atoms with van der Waals surface area (Å²) in [5, 5.41) is 15.3. The molecule has 0 fully saturated rings.